The lowest BCUT2D eigenvalue weighted by Gasteiger charge is -2.56. The molecule has 0 unspecified atom stereocenters. The van der Waals surface area contributed by atoms with Crippen molar-refractivity contribution >= 4 is 17.5 Å². The molecule has 0 aromatic rings. The number of Topliss-reactive ketones (excluding diaryl/α,β-unsaturated/α-hetero) is 1. The second kappa shape index (κ2) is 7.50. The molecule has 5 nitrogen and oxygen atoms in total. The van der Waals surface area contributed by atoms with Gasteiger partial charge in [0.1, 0.15) is 6.61 Å². The molecule has 0 spiro atoms. The molecule has 0 amide bonds. The van der Waals surface area contributed by atoms with Gasteiger partial charge in [0, 0.05) is 31.8 Å². The maximum Gasteiger partial charge on any atom is 0.303 e. The minimum absolute atomic E-state index is 0.0375. The van der Waals surface area contributed by atoms with Crippen LogP contribution in [-0.4, -0.2) is 37.9 Å². The standard InChI is InChI=1S/C24H32O5/c1-15(25)29-13-22(27)21-7-6-19-18-5-4-16-12-17(26)8-11-24(16,14-28-3)20(18)9-10-23(19,21)2/h4-5,12,18-21H,6-11,13-14H2,1-3H3/t18-,19-,20-,21+,23-,24+/m0/s1. The van der Waals surface area contributed by atoms with E-state index in [4.69, 9.17) is 9.47 Å². The topological polar surface area (TPSA) is 69.7 Å². The second-order valence-corrected chi connectivity index (χ2v) is 9.73. The summed E-state index contributed by atoms with van der Waals surface area (Å²) in [6, 6.07) is 0. The molecule has 0 aliphatic heterocycles. The Morgan fingerprint density at radius 2 is 1.97 bits per heavy atom. The first kappa shape index (κ1) is 20.5. The smallest absolute Gasteiger partial charge is 0.303 e. The maximum atomic E-state index is 12.8. The number of esters is 1. The lowest BCUT2D eigenvalue weighted by Crippen LogP contribution is -2.52. The summed E-state index contributed by atoms with van der Waals surface area (Å²) in [5.41, 5.74) is 1.01. The monoisotopic (exact) mass is 400 g/mol. The van der Waals surface area contributed by atoms with Crippen molar-refractivity contribution in [3.8, 4) is 0 Å². The van der Waals surface area contributed by atoms with Crippen molar-refractivity contribution in [2.75, 3.05) is 20.3 Å². The van der Waals surface area contributed by atoms with E-state index in [1.165, 1.54) is 6.92 Å². The first-order valence-electron chi connectivity index (χ1n) is 10.9. The van der Waals surface area contributed by atoms with E-state index in [1.807, 2.05) is 6.08 Å². The number of rotatable bonds is 5. The van der Waals surface area contributed by atoms with Crippen LogP contribution in [0.15, 0.2) is 23.8 Å². The third kappa shape index (κ3) is 3.22. The van der Waals surface area contributed by atoms with E-state index in [1.54, 1.807) is 7.11 Å². The second-order valence-electron chi connectivity index (χ2n) is 9.73. The molecule has 0 saturated heterocycles. The SMILES string of the molecule is COC[C@]12CCC(=O)C=C1C=C[C@@H]1[C@@H]2CC[C@]2(C)[C@@H](C(=O)COC(C)=O)CC[C@@H]12. The van der Waals surface area contributed by atoms with Crippen LogP contribution in [0.3, 0.4) is 0 Å². The molecule has 29 heavy (non-hydrogen) atoms. The number of ketones is 2. The molecule has 4 aliphatic carbocycles. The Bertz CT molecular complexity index is 780. The Kier molecular flexibility index (Phi) is 5.30. The summed E-state index contributed by atoms with van der Waals surface area (Å²) < 4.78 is 10.7. The molecule has 0 radical (unpaired) electrons. The fraction of sp³-hybridized carbons (Fsp3) is 0.708. The third-order valence-electron chi connectivity index (χ3n) is 8.46. The van der Waals surface area contributed by atoms with Gasteiger partial charge in [-0.2, -0.15) is 0 Å². The van der Waals surface area contributed by atoms with E-state index in [0.717, 1.165) is 37.7 Å². The Labute approximate surface area is 172 Å². The van der Waals surface area contributed by atoms with E-state index >= 15 is 0 Å². The predicted molar refractivity (Wildman–Crippen MR) is 108 cm³/mol. The molecule has 0 bridgehead atoms. The van der Waals surface area contributed by atoms with Crippen molar-refractivity contribution in [3.05, 3.63) is 23.8 Å². The largest absolute Gasteiger partial charge is 0.458 e. The quantitative estimate of drug-likeness (QED) is 0.659. The summed E-state index contributed by atoms with van der Waals surface area (Å²) in [6.07, 6.45) is 11.7. The van der Waals surface area contributed by atoms with Crippen LogP contribution >= 0.6 is 0 Å². The average Bonchev–Trinajstić information content (AvgIpc) is 3.04. The molecule has 6 atom stereocenters. The summed E-state index contributed by atoms with van der Waals surface area (Å²) in [7, 11) is 1.75. The summed E-state index contributed by atoms with van der Waals surface area (Å²) >= 11 is 0. The van der Waals surface area contributed by atoms with Crippen LogP contribution in [0.2, 0.25) is 0 Å². The van der Waals surface area contributed by atoms with Crippen molar-refractivity contribution in [2.45, 2.75) is 52.4 Å². The zero-order chi connectivity index (χ0) is 20.8. The number of fused-ring (bicyclic) bond motifs is 5. The van der Waals surface area contributed by atoms with Crippen LogP contribution in [0.1, 0.15) is 52.4 Å². The van der Waals surface area contributed by atoms with Crippen molar-refractivity contribution in [1.82, 2.24) is 0 Å². The summed E-state index contributed by atoms with van der Waals surface area (Å²) in [4.78, 5) is 36.0. The maximum absolute atomic E-state index is 12.8. The Balaban J connectivity index is 1.62. The van der Waals surface area contributed by atoms with Gasteiger partial charge in [-0.05, 0) is 66.9 Å². The molecule has 2 fully saturated rings. The van der Waals surface area contributed by atoms with Crippen LogP contribution in [-0.2, 0) is 23.9 Å². The zero-order valence-electron chi connectivity index (χ0n) is 17.7. The van der Waals surface area contributed by atoms with Crippen molar-refractivity contribution < 1.29 is 23.9 Å². The molecular formula is C24H32O5. The number of methoxy groups -OCH3 is 1. The van der Waals surface area contributed by atoms with Crippen molar-refractivity contribution in [2.24, 2.45) is 34.5 Å². The first-order chi connectivity index (χ1) is 13.8. The molecule has 158 valence electrons. The van der Waals surface area contributed by atoms with Gasteiger partial charge in [0.15, 0.2) is 11.6 Å². The van der Waals surface area contributed by atoms with Crippen LogP contribution in [0.5, 0.6) is 0 Å². The minimum atomic E-state index is -0.398. The number of allylic oxidation sites excluding steroid dienone is 3. The first-order valence-corrected chi connectivity index (χ1v) is 10.9. The van der Waals surface area contributed by atoms with E-state index in [0.29, 0.717) is 30.8 Å². The van der Waals surface area contributed by atoms with Gasteiger partial charge in [0.05, 0.1) is 6.61 Å². The number of hydrogen-bond donors (Lipinski definition) is 0. The molecule has 2 saturated carbocycles. The van der Waals surface area contributed by atoms with Gasteiger partial charge in [-0.15, -0.1) is 0 Å². The number of hydrogen-bond acceptors (Lipinski definition) is 5. The number of ether oxygens (including phenoxy) is 2. The fourth-order valence-corrected chi connectivity index (χ4v) is 7.14. The normalized spacial score (nSPS) is 40.5. The van der Waals surface area contributed by atoms with Gasteiger partial charge in [0.2, 0.25) is 0 Å². The molecule has 0 aromatic heterocycles. The average molecular weight is 401 g/mol. The van der Waals surface area contributed by atoms with Gasteiger partial charge in [-0.3, -0.25) is 14.4 Å². The number of carbonyl (C=O) groups is 3. The molecule has 4 rings (SSSR count). The van der Waals surface area contributed by atoms with Crippen LogP contribution in [0.25, 0.3) is 0 Å². The summed E-state index contributed by atoms with van der Waals surface area (Å²) in [5.74, 6) is 1.14. The fourth-order valence-electron chi connectivity index (χ4n) is 7.14. The van der Waals surface area contributed by atoms with E-state index < -0.39 is 5.97 Å². The lowest BCUT2D eigenvalue weighted by atomic mass is 9.48. The van der Waals surface area contributed by atoms with Gasteiger partial charge in [0.25, 0.3) is 0 Å². The summed E-state index contributed by atoms with van der Waals surface area (Å²) in [5, 5.41) is 0. The van der Waals surface area contributed by atoms with Gasteiger partial charge in [-0.1, -0.05) is 19.1 Å². The highest BCUT2D eigenvalue weighted by Crippen LogP contribution is 2.65. The Morgan fingerprint density at radius 1 is 1.17 bits per heavy atom. The van der Waals surface area contributed by atoms with Gasteiger partial charge >= 0.3 is 5.97 Å². The highest BCUT2D eigenvalue weighted by atomic mass is 16.5. The molecule has 0 N–H and O–H groups in total. The van der Waals surface area contributed by atoms with Crippen LogP contribution in [0.4, 0.5) is 0 Å². The highest BCUT2D eigenvalue weighted by molar-refractivity contribution is 5.92. The van der Waals surface area contributed by atoms with E-state index in [2.05, 4.69) is 19.1 Å². The van der Waals surface area contributed by atoms with Crippen LogP contribution in [0, 0.1) is 34.5 Å². The lowest BCUT2D eigenvalue weighted by molar-refractivity contribution is -0.149. The Hall–Kier alpha value is -1.75. The summed E-state index contributed by atoms with van der Waals surface area (Å²) in [6.45, 7) is 4.16. The molecule has 0 heterocycles. The van der Waals surface area contributed by atoms with Crippen LogP contribution < -0.4 is 0 Å². The Morgan fingerprint density at radius 3 is 2.69 bits per heavy atom. The minimum Gasteiger partial charge on any atom is -0.458 e. The molecular weight excluding hydrogens is 368 g/mol. The van der Waals surface area contributed by atoms with Crippen molar-refractivity contribution in [1.29, 1.82) is 0 Å². The zero-order valence-corrected chi connectivity index (χ0v) is 17.7. The van der Waals surface area contributed by atoms with Gasteiger partial charge in [-0.25, -0.2) is 0 Å². The van der Waals surface area contributed by atoms with Crippen molar-refractivity contribution in [3.63, 3.8) is 0 Å². The molecule has 5 heteroatoms. The predicted octanol–water partition coefficient (Wildman–Crippen LogP) is 3.67. The molecule has 0 aromatic carbocycles. The van der Waals surface area contributed by atoms with Gasteiger partial charge < -0.3 is 9.47 Å². The third-order valence-corrected chi connectivity index (χ3v) is 8.46. The molecule has 4 aliphatic rings. The van der Waals surface area contributed by atoms with E-state index in [-0.39, 0.29) is 34.9 Å². The number of carbonyl (C=O) groups excluding carboxylic acids is 3. The highest BCUT2D eigenvalue weighted by Gasteiger charge is 2.60. The van der Waals surface area contributed by atoms with E-state index in [9.17, 15) is 14.4 Å².